The van der Waals surface area contributed by atoms with E-state index >= 15 is 0 Å². The van der Waals surface area contributed by atoms with Gasteiger partial charge in [-0.05, 0) is 43.0 Å². The second kappa shape index (κ2) is 6.99. The van der Waals surface area contributed by atoms with Gasteiger partial charge in [0.05, 0.1) is 19.2 Å². The second-order valence-corrected chi connectivity index (χ2v) is 6.77. The third kappa shape index (κ3) is 3.62. The number of nitrogens with one attached hydrogen (secondary N) is 1. The van der Waals surface area contributed by atoms with Gasteiger partial charge in [0.1, 0.15) is 6.10 Å². The zero-order valence-corrected chi connectivity index (χ0v) is 13.7. The van der Waals surface area contributed by atoms with Gasteiger partial charge >= 0.3 is 0 Å². The number of rotatable bonds is 2. The summed E-state index contributed by atoms with van der Waals surface area (Å²) in [5.41, 5.74) is 1.08. The summed E-state index contributed by atoms with van der Waals surface area (Å²) in [7, 11) is 0. The van der Waals surface area contributed by atoms with E-state index in [1.54, 1.807) is 0 Å². The molecule has 3 unspecified atom stereocenters. The number of ether oxygens (including phenoxy) is 1. The van der Waals surface area contributed by atoms with Crippen LogP contribution >= 0.6 is 11.6 Å². The van der Waals surface area contributed by atoms with Crippen molar-refractivity contribution >= 4 is 17.5 Å². The van der Waals surface area contributed by atoms with Crippen LogP contribution in [0.2, 0.25) is 5.02 Å². The van der Waals surface area contributed by atoms with Crippen LogP contribution in [0.5, 0.6) is 0 Å². The van der Waals surface area contributed by atoms with Crippen molar-refractivity contribution in [2.75, 3.05) is 26.2 Å². The molecule has 4 nitrogen and oxygen atoms in total. The molecular formula is C17H23ClN2O2. The molecule has 2 aliphatic rings. The second-order valence-electron chi connectivity index (χ2n) is 6.33. The molecule has 120 valence electrons. The van der Waals surface area contributed by atoms with E-state index in [0.717, 1.165) is 24.9 Å². The zero-order chi connectivity index (χ0) is 15.5. The van der Waals surface area contributed by atoms with Crippen LogP contribution in [0.3, 0.4) is 0 Å². The molecule has 2 aliphatic heterocycles. The Balaban J connectivity index is 1.64. The number of hydrogen-bond acceptors (Lipinski definition) is 3. The summed E-state index contributed by atoms with van der Waals surface area (Å²) in [6, 6.07) is 7.65. The summed E-state index contributed by atoms with van der Waals surface area (Å²) in [6.45, 7) is 5.03. The Kier molecular flexibility index (Phi) is 5.01. The van der Waals surface area contributed by atoms with Crippen molar-refractivity contribution in [2.24, 2.45) is 5.92 Å². The number of nitrogens with zero attached hydrogens (tertiary/aromatic N) is 1. The van der Waals surface area contributed by atoms with Crippen LogP contribution in [0.15, 0.2) is 24.3 Å². The molecule has 2 saturated heterocycles. The van der Waals surface area contributed by atoms with Gasteiger partial charge in [0.25, 0.3) is 0 Å². The monoisotopic (exact) mass is 322 g/mol. The molecule has 3 atom stereocenters. The Hall–Kier alpha value is -1.10. The maximum atomic E-state index is 12.7. The minimum absolute atomic E-state index is 0.0345. The Bertz CT molecular complexity index is 520. The fraction of sp³-hybridized carbons (Fsp3) is 0.588. The van der Waals surface area contributed by atoms with Crippen molar-refractivity contribution < 1.29 is 9.53 Å². The van der Waals surface area contributed by atoms with Crippen molar-refractivity contribution in [1.29, 1.82) is 0 Å². The first-order chi connectivity index (χ1) is 10.6. The Morgan fingerprint density at radius 1 is 1.36 bits per heavy atom. The first-order valence-electron chi connectivity index (χ1n) is 8.02. The fourth-order valence-electron chi connectivity index (χ4n) is 3.24. The summed E-state index contributed by atoms with van der Waals surface area (Å²) < 4.78 is 5.84. The van der Waals surface area contributed by atoms with Crippen LogP contribution in [0.1, 0.15) is 31.4 Å². The largest absolute Gasteiger partial charge is 0.370 e. The smallest absolute Gasteiger partial charge is 0.239 e. The number of morpholine rings is 1. The molecule has 0 aliphatic carbocycles. The predicted molar refractivity (Wildman–Crippen MR) is 86.9 cm³/mol. The van der Waals surface area contributed by atoms with E-state index in [1.807, 2.05) is 29.2 Å². The van der Waals surface area contributed by atoms with Crippen molar-refractivity contribution in [1.82, 2.24) is 10.2 Å². The molecule has 1 aromatic rings. The van der Waals surface area contributed by atoms with Crippen LogP contribution in [0.4, 0.5) is 0 Å². The van der Waals surface area contributed by atoms with Gasteiger partial charge in [-0.15, -0.1) is 0 Å². The molecule has 0 aromatic heterocycles. The molecule has 0 radical (unpaired) electrons. The van der Waals surface area contributed by atoms with E-state index in [9.17, 15) is 4.79 Å². The average Bonchev–Trinajstić information content (AvgIpc) is 2.55. The highest BCUT2D eigenvalue weighted by atomic mass is 35.5. The summed E-state index contributed by atoms with van der Waals surface area (Å²) in [5, 5.41) is 4.07. The average molecular weight is 323 g/mol. The molecular weight excluding hydrogens is 300 g/mol. The molecule has 1 amide bonds. The van der Waals surface area contributed by atoms with Gasteiger partial charge in [0.15, 0.2) is 0 Å². The van der Waals surface area contributed by atoms with Crippen LogP contribution in [-0.4, -0.2) is 43.1 Å². The molecule has 3 rings (SSSR count). The van der Waals surface area contributed by atoms with Gasteiger partial charge < -0.3 is 15.0 Å². The first-order valence-corrected chi connectivity index (χ1v) is 8.40. The summed E-state index contributed by atoms with van der Waals surface area (Å²) in [6.07, 6.45) is 2.03. The van der Waals surface area contributed by atoms with Crippen LogP contribution < -0.4 is 5.32 Å². The highest BCUT2D eigenvalue weighted by molar-refractivity contribution is 6.30. The number of hydrogen-bond donors (Lipinski definition) is 1. The van der Waals surface area contributed by atoms with Crippen molar-refractivity contribution in [2.45, 2.75) is 31.9 Å². The molecule has 0 spiro atoms. The Morgan fingerprint density at radius 2 is 2.14 bits per heavy atom. The van der Waals surface area contributed by atoms with Gasteiger partial charge in [0, 0.05) is 11.6 Å². The van der Waals surface area contributed by atoms with Gasteiger partial charge in [-0.3, -0.25) is 4.79 Å². The molecule has 2 heterocycles. The topological polar surface area (TPSA) is 41.6 Å². The molecule has 2 fully saturated rings. The number of carbonyl (C=O) groups is 1. The highest BCUT2D eigenvalue weighted by Crippen LogP contribution is 2.25. The van der Waals surface area contributed by atoms with E-state index in [-0.39, 0.29) is 18.1 Å². The quantitative estimate of drug-likeness (QED) is 0.910. The number of amides is 1. The Morgan fingerprint density at radius 3 is 2.86 bits per heavy atom. The van der Waals surface area contributed by atoms with Crippen LogP contribution in [0.25, 0.3) is 0 Å². The molecule has 5 heteroatoms. The van der Waals surface area contributed by atoms with E-state index in [4.69, 9.17) is 16.3 Å². The normalized spacial score (nSPS) is 29.4. The standard InChI is InChI=1S/C17H23ClN2O2/c1-12-6-7-19-15(10-12)17(21)20-8-9-22-16(11-20)13-2-4-14(18)5-3-13/h2-5,12,15-16,19H,6-11H2,1H3. The lowest BCUT2D eigenvalue weighted by Gasteiger charge is -2.37. The molecule has 22 heavy (non-hydrogen) atoms. The van der Waals surface area contributed by atoms with Gasteiger partial charge in [-0.25, -0.2) is 0 Å². The van der Waals surface area contributed by atoms with Crippen molar-refractivity contribution in [3.63, 3.8) is 0 Å². The molecule has 0 bridgehead atoms. The lowest BCUT2D eigenvalue weighted by Crippen LogP contribution is -2.53. The van der Waals surface area contributed by atoms with E-state index in [0.29, 0.717) is 30.6 Å². The van der Waals surface area contributed by atoms with Gasteiger partial charge in [-0.1, -0.05) is 30.7 Å². The number of carbonyl (C=O) groups excluding carboxylic acids is 1. The van der Waals surface area contributed by atoms with Crippen LogP contribution in [0, 0.1) is 5.92 Å². The highest BCUT2D eigenvalue weighted by Gasteiger charge is 2.32. The van der Waals surface area contributed by atoms with Gasteiger partial charge in [-0.2, -0.15) is 0 Å². The maximum absolute atomic E-state index is 12.7. The molecule has 0 saturated carbocycles. The van der Waals surface area contributed by atoms with E-state index in [1.165, 1.54) is 0 Å². The lowest BCUT2D eigenvalue weighted by atomic mass is 9.93. The van der Waals surface area contributed by atoms with E-state index < -0.39 is 0 Å². The number of halogens is 1. The summed E-state index contributed by atoms with van der Waals surface area (Å²) >= 11 is 5.93. The van der Waals surface area contributed by atoms with Crippen molar-refractivity contribution in [3.05, 3.63) is 34.9 Å². The summed E-state index contributed by atoms with van der Waals surface area (Å²) in [4.78, 5) is 14.7. The first kappa shape index (κ1) is 15.8. The Labute approximate surface area is 136 Å². The third-order valence-electron chi connectivity index (χ3n) is 4.58. The van der Waals surface area contributed by atoms with Crippen LogP contribution in [-0.2, 0) is 9.53 Å². The summed E-state index contributed by atoms with van der Waals surface area (Å²) in [5.74, 6) is 0.831. The van der Waals surface area contributed by atoms with Gasteiger partial charge in [0.2, 0.25) is 5.91 Å². The third-order valence-corrected chi connectivity index (χ3v) is 4.84. The fourth-order valence-corrected chi connectivity index (χ4v) is 3.37. The van der Waals surface area contributed by atoms with Crippen molar-refractivity contribution in [3.8, 4) is 0 Å². The predicted octanol–water partition coefficient (Wildman–Crippen LogP) is 2.63. The SMILES string of the molecule is CC1CCNC(C(=O)N2CCOC(c3ccc(Cl)cc3)C2)C1. The number of piperidine rings is 1. The minimum Gasteiger partial charge on any atom is -0.370 e. The van der Waals surface area contributed by atoms with E-state index in [2.05, 4.69) is 12.2 Å². The lowest BCUT2D eigenvalue weighted by molar-refractivity contribution is -0.142. The molecule has 1 N–H and O–H groups in total. The maximum Gasteiger partial charge on any atom is 0.239 e. The zero-order valence-electron chi connectivity index (χ0n) is 12.9. The number of benzene rings is 1. The minimum atomic E-state index is -0.0593. The molecule has 1 aromatic carbocycles.